The van der Waals surface area contributed by atoms with E-state index in [2.05, 4.69) is 5.32 Å². The van der Waals surface area contributed by atoms with Crippen LogP contribution < -0.4 is 5.32 Å². The van der Waals surface area contributed by atoms with E-state index in [0.29, 0.717) is 0 Å². The second-order valence-corrected chi connectivity index (χ2v) is 13.0. The van der Waals surface area contributed by atoms with Gasteiger partial charge < -0.3 is 15.2 Å². The molecule has 0 aromatic heterocycles. The molecule has 38 heavy (non-hydrogen) atoms. The standard InChI is InChI=1S/C30H53NO6S/c1-26-20-22-28(23-21-26)38(34,35)36-24-18-16-14-12-10-8-6-5-7-9-11-13-15-17-19-27(25-32)31-29(33)37-30(2,3)4/h20-23,27,32H,5-19,24-25H2,1-4H3,(H,31,33). The van der Waals surface area contributed by atoms with Crippen molar-refractivity contribution in [3.63, 3.8) is 0 Å². The van der Waals surface area contributed by atoms with Crippen molar-refractivity contribution < 1.29 is 27.2 Å². The lowest BCUT2D eigenvalue weighted by Gasteiger charge is -2.22. The summed E-state index contributed by atoms with van der Waals surface area (Å²) < 4.78 is 34.7. The summed E-state index contributed by atoms with van der Waals surface area (Å²) in [6, 6.07) is 6.51. The molecule has 1 unspecified atom stereocenters. The molecule has 2 N–H and O–H groups in total. The Morgan fingerprint density at radius 3 is 1.71 bits per heavy atom. The average Bonchev–Trinajstić information content (AvgIpc) is 2.84. The predicted molar refractivity (Wildman–Crippen MR) is 154 cm³/mol. The number of amides is 1. The number of alkyl carbamates (subject to hydrolysis) is 1. The lowest BCUT2D eigenvalue weighted by molar-refractivity contribution is 0.0478. The summed E-state index contributed by atoms with van der Waals surface area (Å²) in [5.41, 5.74) is 0.494. The molecule has 0 bridgehead atoms. The topological polar surface area (TPSA) is 102 Å². The molecule has 1 amide bonds. The Balaban J connectivity index is 1.88. The normalized spacial score (nSPS) is 12.9. The fourth-order valence-electron chi connectivity index (χ4n) is 4.24. The number of aliphatic hydroxyl groups is 1. The number of carbonyl (C=O) groups excluding carboxylic acids is 1. The number of ether oxygens (including phenoxy) is 1. The van der Waals surface area contributed by atoms with Gasteiger partial charge in [0.1, 0.15) is 5.60 Å². The number of unbranched alkanes of at least 4 members (excludes halogenated alkanes) is 13. The summed E-state index contributed by atoms with van der Waals surface area (Å²) >= 11 is 0. The first-order valence-corrected chi connectivity index (χ1v) is 16.0. The van der Waals surface area contributed by atoms with Gasteiger partial charge in [0.05, 0.1) is 24.2 Å². The minimum absolute atomic E-state index is 0.0630. The van der Waals surface area contributed by atoms with Crippen molar-refractivity contribution in [2.45, 2.75) is 141 Å². The number of aryl methyl sites for hydroxylation is 1. The van der Waals surface area contributed by atoms with Crippen LogP contribution in [0.2, 0.25) is 0 Å². The minimum atomic E-state index is -3.64. The van der Waals surface area contributed by atoms with E-state index in [1.807, 2.05) is 27.7 Å². The van der Waals surface area contributed by atoms with Gasteiger partial charge >= 0.3 is 6.09 Å². The highest BCUT2D eigenvalue weighted by molar-refractivity contribution is 7.86. The van der Waals surface area contributed by atoms with Crippen LogP contribution in [0.25, 0.3) is 0 Å². The molecule has 1 aromatic carbocycles. The summed E-state index contributed by atoms with van der Waals surface area (Å²) in [6.45, 7) is 7.59. The number of nitrogens with one attached hydrogen (secondary N) is 1. The largest absolute Gasteiger partial charge is 0.444 e. The molecule has 0 aliphatic rings. The van der Waals surface area contributed by atoms with Gasteiger partial charge in [0.25, 0.3) is 10.1 Å². The zero-order valence-electron chi connectivity index (χ0n) is 24.3. The Hall–Kier alpha value is -1.64. The molecule has 0 heterocycles. The van der Waals surface area contributed by atoms with Gasteiger partial charge in [-0.15, -0.1) is 0 Å². The van der Waals surface area contributed by atoms with Gasteiger partial charge in [-0.2, -0.15) is 8.42 Å². The third-order valence-corrected chi connectivity index (χ3v) is 7.76. The Labute approximate surface area is 232 Å². The molecule has 1 rings (SSSR count). The summed E-state index contributed by atoms with van der Waals surface area (Å²) in [5.74, 6) is 0. The monoisotopic (exact) mass is 555 g/mol. The predicted octanol–water partition coefficient (Wildman–Crippen LogP) is 7.44. The molecule has 0 spiro atoms. The van der Waals surface area contributed by atoms with Crippen LogP contribution in [0.3, 0.4) is 0 Å². The molecular formula is C30H53NO6S. The lowest BCUT2D eigenvalue weighted by atomic mass is 10.0. The smallest absolute Gasteiger partial charge is 0.407 e. The first kappa shape index (κ1) is 34.4. The highest BCUT2D eigenvalue weighted by atomic mass is 32.2. The summed E-state index contributed by atoms with van der Waals surface area (Å²) in [4.78, 5) is 12.0. The van der Waals surface area contributed by atoms with Gasteiger partial charge in [-0.05, 0) is 52.7 Å². The van der Waals surface area contributed by atoms with E-state index >= 15 is 0 Å². The van der Waals surface area contributed by atoms with E-state index in [-0.39, 0.29) is 24.2 Å². The molecule has 8 heteroatoms. The number of rotatable bonds is 21. The molecule has 7 nitrogen and oxygen atoms in total. The molecule has 0 radical (unpaired) electrons. The fraction of sp³-hybridized carbons (Fsp3) is 0.767. The molecule has 220 valence electrons. The van der Waals surface area contributed by atoms with Gasteiger partial charge in [0.2, 0.25) is 0 Å². The third kappa shape index (κ3) is 17.8. The van der Waals surface area contributed by atoms with Crippen LogP contribution >= 0.6 is 0 Å². The van der Waals surface area contributed by atoms with Gasteiger partial charge in [0, 0.05) is 0 Å². The van der Waals surface area contributed by atoms with Crippen LogP contribution in [0.15, 0.2) is 29.2 Å². The van der Waals surface area contributed by atoms with Crippen LogP contribution in [0, 0.1) is 6.92 Å². The van der Waals surface area contributed by atoms with Crippen molar-refractivity contribution in [3.05, 3.63) is 29.8 Å². The Bertz CT molecular complexity index is 848. The van der Waals surface area contributed by atoms with Crippen molar-refractivity contribution in [1.29, 1.82) is 0 Å². The first-order valence-electron chi connectivity index (χ1n) is 14.6. The maximum atomic E-state index is 12.1. The van der Waals surface area contributed by atoms with Gasteiger partial charge in [-0.3, -0.25) is 4.18 Å². The zero-order valence-corrected chi connectivity index (χ0v) is 25.1. The first-order chi connectivity index (χ1) is 18.0. The van der Waals surface area contributed by atoms with E-state index in [1.165, 1.54) is 57.8 Å². The SMILES string of the molecule is Cc1ccc(S(=O)(=O)OCCCCCCCCCCCCCCCCC(CO)NC(=O)OC(C)(C)C)cc1. The molecule has 0 aliphatic heterocycles. The van der Waals surface area contributed by atoms with E-state index < -0.39 is 21.8 Å². The van der Waals surface area contributed by atoms with E-state index in [4.69, 9.17) is 8.92 Å². The summed E-state index contributed by atoms with van der Waals surface area (Å²) in [7, 11) is -3.64. The molecule has 0 saturated carbocycles. The van der Waals surface area contributed by atoms with Gasteiger partial charge in [0.15, 0.2) is 0 Å². The fourth-order valence-corrected chi connectivity index (χ4v) is 5.18. The van der Waals surface area contributed by atoms with E-state index in [1.54, 1.807) is 24.3 Å². The zero-order chi connectivity index (χ0) is 28.3. The molecule has 0 aliphatic carbocycles. The third-order valence-electron chi connectivity index (χ3n) is 6.44. The van der Waals surface area contributed by atoms with Crippen molar-refractivity contribution in [3.8, 4) is 0 Å². The Morgan fingerprint density at radius 2 is 1.26 bits per heavy atom. The molecule has 1 aromatic rings. The van der Waals surface area contributed by atoms with E-state index in [9.17, 15) is 18.3 Å². The molecular weight excluding hydrogens is 502 g/mol. The summed E-state index contributed by atoms with van der Waals surface area (Å²) in [6.07, 6.45) is 16.6. The highest BCUT2D eigenvalue weighted by Crippen LogP contribution is 2.16. The van der Waals surface area contributed by atoms with Crippen molar-refractivity contribution in [1.82, 2.24) is 5.32 Å². The van der Waals surface area contributed by atoms with Crippen molar-refractivity contribution in [2.75, 3.05) is 13.2 Å². The maximum Gasteiger partial charge on any atom is 0.407 e. The van der Waals surface area contributed by atoms with Crippen LogP contribution in [-0.4, -0.2) is 44.5 Å². The second kappa shape index (κ2) is 19.4. The second-order valence-electron chi connectivity index (χ2n) is 11.4. The number of hydrogen-bond acceptors (Lipinski definition) is 6. The van der Waals surface area contributed by atoms with Crippen LogP contribution in [0.5, 0.6) is 0 Å². The molecule has 0 saturated heterocycles. The lowest BCUT2D eigenvalue weighted by Crippen LogP contribution is -2.41. The number of aliphatic hydroxyl groups excluding tert-OH is 1. The van der Waals surface area contributed by atoms with Gasteiger partial charge in [-0.25, -0.2) is 4.79 Å². The Morgan fingerprint density at radius 1 is 0.816 bits per heavy atom. The number of carbonyl (C=O) groups is 1. The summed E-state index contributed by atoms with van der Waals surface area (Å²) in [5, 5.41) is 12.2. The highest BCUT2D eigenvalue weighted by Gasteiger charge is 2.19. The van der Waals surface area contributed by atoms with Gasteiger partial charge in [-0.1, -0.05) is 101 Å². The molecule has 1 atom stereocenters. The molecule has 0 fully saturated rings. The number of benzene rings is 1. The quantitative estimate of drug-likeness (QED) is 0.121. The van der Waals surface area contributed by atoms with Crippen molar-refractivity contribution in [2.24, 2.45) is 0 Å². The average molecular weight is 556 g/mol. The van der Waals surface area contributed by atoms with Crippen LogP contribution in [0.1, 0.15) is 123 Å². The Kier molecular flexibility index (Phi) is 17.6. The van der Waals surface area contributed by atoms with Crippen LogP contribution in [0.4, 0.5) is 4.79 Å². The van der Waals surface area contributed by atoms with E-state index in [0.717, 1.165) is 44.1 Å². The van der Waals surface area contributed by atoms with Crippen LogP contribution in [-0.2, 0) is 19.0 Å². The van der Waals surface area contributed by atoms with Crippen molar-refractivity contribution >= 4 is 16.2 Å². The minimum Gasteiger partial charge on any atom is -0.444 e. The maximum absolute atomic E-state index is 12.1. The number of hydrogen-bond donors (Lipinski definition) is 2.